The van der Waals surface area contributed by atoms with Gasteiger partial charge in [-0.05, 0) is 56.9 Å². The summed E-state index contributed by atoms with van der Waals surface area (Å²) >= 11 is 0. The van der Waals surface area contributed by atoms with Crippen LogP contribution in [0.2, 0.25) is 0 Å². The first-order chi connectivity index (χ1) is 12.9. The molecule has 1 aliphatic carbocycles. The van der Waals surface area contributed by atoms with E-state index in [0.29, 0.717) is 11.3 Å². The van der Waals surface area contributed by atoms with Crippen LogP contribution in [0, 0.1) is 5.92 Å². The molecular weight excluding hydrogens is 362 g/mol. The number of nitrogens with zero attached hydrogens (tertiary/aromatic N) is 2. The minimum Gasteiger partial charge on any atom is -0.331 e. The zero-order chi connectivity index (χ0) is 19.4. The fourth-order valence-corrected chi connectivity index (χ4v) is 5.02. The molecule has 0 radical (unpaired) electrons. The molecule has 1 aromatic rings. The zero-order valence-electron chi connectivity index (χ0n) is 16.3. The predicted molar refractivity (Wildman–Crippen MR) is 108 cm³/mol. The molecule has 1 saturated heterocycles. The Balaban J connectivity index is 1.61. The largest absolute Gasteiger partial charge is 0.331 e. The lowest BCUT2D eigenvalue weighted by Crippen LogP contribution is -2.59. The molecule has 1 heterocycles. The summed E-state index contributed by atoms with van der Waals surface area (Å²) in [7, 11) is -2.69. The SMILES string of the molecule is CC1CN(CC2CCCCC2)CC(C)N1C(=O)c1ccc(N[SH](=O)=O)cc1. The van der Waals surface area contributed by atoms with Crippen LogP contribution in [0.3, 0.4) is 0 Å². The second-order valence-electron chi connectivity index (χ2n) is 8.08. The second kappa shape index (κ2) is 9.06. The third-order valence-corrected chi connectivity index (χ3v) is 6.26. The number of piperazine rings is 1. The Hall–Kier alpha value is -1.60. The van der Waals surface area contributed by atoms with Gasteiger partial charge in [0.15, 0.2) is 0 Å². The third-order valence-electron chi connectivity index (χ3n) is 5.82. The summed E-state index contributed by atoms with van der Waals surface area (Å²) < 4.78 is 23.8. The molecule has 2 aliphatic rings. The van der Waals surface area contributed by atoms with Crippen LogP contribution in [0.25, 0.3) is 0 Å². The van der Waals surface area contributed by atoms with Gasteiger partial charge in [-0.2, -0.15) is 0 Å². The highest BCUT2D eigenvalue weighted by Gasteiger charge is 2.34. The molecule has 7 heteroatoms. The quantitative estimate of drug-likeness (QED) is 0.755. The average molecular weight is 394 g/mol. The van der Waals surface area contributed by atoms with Crippen LogP contribution in [0.1, 0.15) is 56.3 Å². The van der Waals surface area contributed by atoms with Gasteiger partial charge in [0, 0.05) is 43.0 Å². The molecule has 0 spiro atoms. The summed E-state index contributed by atoms with van der Waals surface area (Å²) in [5, 5.41) is 0. The highest BCUT2D eigenvalue weighted by Crippen LogP contribution is 2.27. The van der Waals surface area contributed by atoms with Gasteiger partial charge in [-0.15, -0.1) is 0 Å². The Kier molecular flexibility index (Phi) is 6.76. The van der Waals surface area contributed by atoms with E-state index in [0.717, 1.165) is 25.6 Å². The van der Waals surface area contributed by atoms with Crippen LogP contribution in [-0.2, 0) is 10.9 Å². The van der Waals surface area contributed by atoms with Crippen LogP contribution in [0.15, 0.2) is 24.3 Å². The summed E-state index contributed by atoms with van der Waals surface area (Å²) in [5.41, 5.74) is 1.07. The van der Waals surface area contributed by atoms with E-state index in [2.05, 4.69) is 23.5 Å². The van der Waals surface area contributed by atoms with Gasteiger partial charge in [0.1, 0.15) is 0 Å². The van der Waals surface area contributed by atoms with Gasteiger partial charge in [-0.25, -0.2) is 8.42 Å². The first-order valence-corrected chi connectivity index (χ1v) is 11.2. The Morgan fingerprint density at radius 3 is 2.19 bits per heavy atom. The van der Waals surface area contributed by atoms with Gasteiger partial charge in [0.05, 0.1) is 0 Å². The molecule has 1 N–H and O–H groups in total. The minimum atomic E-state index is -2.69. The van der Waals surface area contributed by atoms with Crippen molar-refractivity contribution in [1.29, 1.82) is 0 Å². The van der Waals surface area contributed by atoms with Crippen LogP contribution < -0.4 is 4.72 Å². The van der Waals surface area contributed by atoms with Crippen molar-refractivity contribution >= 4 is 22.5 Å². The Labute approximate surface area is 164 Å². The summed E-state index contributed by atoms with van der Waals surface area (Å²) in [6.45, 7) is 7.25. The number of benzene rings is 1. The lowest BCUT2D eigenvalue weighted by Gasteiger charge is -2.45. The Morgan fingerprint density at radius 1 is 1.04 bits per heavy atom. The molecule has 150 valence electrons. The lowest BCUT2D eigenvalue weighted by molar-refractivity contribution is 0.0232. The van der Waals surface area contributed by atoms with E-state index in [1.807, 2.05) is 4.90 Å². The molecular formula is C20H31N3O3S. The fraction of sp³-hybridized carbons (Fsp3) is 0.650. The monoisotopic (exact) mass is 393 g/mol. The maximum atomic E-state index is 13.0. The molecule has 1 amide bonds. The predicted octanol–water partition coefficient (Wildman–Crippen LogP) is 2.74. The molecule has 0 aromatic heterocycles. The molecule has 3 rings (SSSR count). The standard InChI is InChI=1S/C20H31N3O3S/c1-15-12-22(14-17-6-4-3-5-7-17)13-16(2)23(15)20(24)18-8-10-19(11-9-18)21-27(25)26/h8-11,15-17,27H,3-7,12-14H2,1-2H3,(H,21,25,26). The second-order valence-corrected chi connectivity index (χ2v) is 8.82. The molecule has 1 aromatic carbocycles. The van der Waals surface area contributed by atoms with Crippen molar-refractivity contribution in [2.75, 3.05) is 24.4 Å². The van der Waals surface area contributed by atoms with Gasteiger partial charge in [-0.3, -0.25) is 14.4 Å². The molecule has 0 bridgehead atoms. The first-order valence-electron chi connectivity index (χ1n) is 10.00. The highest BCUT2D eigenvalue weighted by molar-refractivity contribution is 7.73. The van der Waals surface area contributed by atoms with Crippen molar-refractivity contribution < 1.29 is 13.2 Å². The smallest absolute Gasteiger partial charge is 0.254 e. The summed E-state index contributed by atoms with van der Waals surface area (Å²) in [6.07, 6.45) is 6.79. The van der Waals surface area contributed by atoms with E-state index in [1.54, 1.807) is 24.3 Å². The van der Waals surface area contributed by atoms with E-state index < -0.39 is 10.9 Å². The number of amides is 1. The summed E-state index contributed by atoms with van der Waals surface area (Å²) in [6, 6.07) is 6.98. The van der Waals surface area contributed by atoms with Crippen molar-refractivity contribution in [2.45, 2.75) is 58.0 Å². The van der Waals surface area contributed by atoms with Gasteiger partial charge in [0.2, 0.25) is 10.9 Å². The minimum absolute atomic E-state index is 0.0189. The number of hydrogen-bond acceptors (Lipinski definition) is 4. The number of rotatable bonds is 5. The van der Waals surface area contributed by atoms with Gasteiger partial charge < -0.3 is 4.90 Å². The molecule has 6 nitrogen and oxygen atoms in total. The van der Waals surface area contributed by atoms with Crippen molar-refractivity contribution in [3.8, 4) is 0 Å². The first kappa shape index (κ1) is 20.1. The van der Waals surface area contributed by atoms with Crippen molar-refractivity contribution in [1.82, 2.24) is 9.80 Å². The molecule has 2 unspecified atom stereocenters. The number of carbonyl (C=O) groups excluding carboxylic acids is 1. The number of hydrogen-bond donors (Lipinski definition) is 2. The average Bonchev–Trinajstić information content (AvgIpc) is 2.62. The van der Waals surface area contributed by atoms with Crippen LogP contribution in [0.4, 0.5) is 5.69 Å². The van der Waals surface area contributed by atoms with E-state index in [4.69, 9.17) is 0 Å². The molecule has 2 atom stereocenters. The van der Waals surface area contributed by atoms with E-state index >= 15 is 0 Å². The van der Waals surface area contributed by atoms with E-state index in [9.17, 15) is 13.2 Å². The maximum absolute atomic E-state index is 13.0. The molecule has 1 aliphatic heterocycles. The topological polar surface area (TPSA) is 69.7 Å². The van der Waals surface area contributed by atoms with Crippen molar-refractivity contribution in [3.63, 3.8) is 0 Å². The van der Waals surface area contributed by atoms with Crippen molar-refractivity contribution in [2.24, 2.45) is 5.92 Å². The van der Waals surface area contributed by atoms with Gasteiger partial charge in [-0.1, -0.05) is 19.3 Å². The van der Waals surface area contributed by atoms with Crippen LogP contribution in [-0.4, -0.2) is 55.8 Å². The Bertz CT molecular complexity index is 694. The molecule has 27 heavy (non-hydrogen) atoms. The van der Waals surface area contributed by atoms with E-state index in [-0.39, 0.29) is 18.0 Å². The van der Waals surface area contributed by atoms with Gasteiger partial charge in [0.25, 0.3) is 5.91 Å². The van der Waals surface area contributed by atoms with E-state index in [1.165, 1.54) is 32.1 Å². The van der Waals surface area contributed by atoms with Gasteiger partial charge >= 0.3 is 0 Å². The summed E-state index contributed by atoms with van der Waals surface area (Å²) in [4.78, 5) is 17.5. The summed E-state index contributed by atoms with van der Waals surface area (Å²) in [5.74, 6) is 0.832. The van der Waals surface area contributed by atoms with Crippen molar-refractivity contribution in [3.05, 3.63) is 29.8 Å². The fourth-order valence-electron chi connectivity index (χ4n) is 4.66. The van der Waals surface area contributed by atoms with Crippen LogP contribution in [0.5, 0.6) is 0 Å². The lowest BCUT2D eigenvalue weighted by atomic mass is 9.88. The Morgan fingerprint density at radius 2 is 1.63 bits per heavy atom. The maximum Gasteiger partial charge on any atom is 0.254 e. The zero-order valence-corrected chi connectivity index (χ0v) is 17.2. The highest BCUT2D eigenvalue weighted by atomic mass is 32.2. The van der Waals surface area contributed by atoms with Crippen LogP contribution >= 0.6 is 0 Å². The number of thiol groups is 1. The normalized spacial score (nSPS) is 24.9. The number of nitrogens with one attached hydrogen (secondary N) is 1. The molecule has 2 fully saturated rings. The number of anilines is 1. The third kappa shape index (κ3) is 5.23. The number of carbonyl (C=O) groups is 1. The molecule has 1 saturated carbocycles.